The second-order valence-electron chi connectivity index (χ2n) is 7.46. The molecule has 0 radical (unpaired) electrons. The molecule has 1 aromatic rings. The summed E-state index contributed by atoms with van der Waals surface area (Å²) in [7, 11) is 2.10. The van der Waals surface area contributed by atoms with E-state index in [9.17, 15) is 9.50 Å². The van der Waals surface area contributed by atoms with Crippen LogP contribution in [0.3, 0.4) is 0 Å². The van der Waals surface area contributed by atoms with Gasteiger partial charge in [-0.15, -0.1) is 11.8 Å². The minimum atomic E-state index is -0.901. The molecule has 0 aromatic heterocycles. The Morgan fingerprint density at radius 2 is 1.79 bits per heavy atom. The third-order valence-corrected chi connectivity index (χ3v) is 7.92. The number of phenols is 1. The quantitative estimate of drug-likeness (QED) is 0.604. The highest BCUT2D eigenvalue weighted by Gasteiger charge is 2.52. The molecule has 0 amide bonds. The summed E-state index contributed by atoms with van der Waals surface area (Å²) in [6.45, 7) is 1.94. The smallest absolute Gasteiger partial charge is 0.130 e. The van der Waals surface area contributed by atoms with E-state index in [0.29, 0.717) is 25.0 Å². The van der Waals surface area contributed by atoms with Crippen LogP contribution in [-0.2, 0) is 0 Å². The van der Waals surface area contributed by atoms with Gasteiger partial charge in [-0.2, -0.15) is 0 Å². The van der Waals surface area contributed by atoms with E-state index in [4.69, 9.17) is 0 Å². The van der Waals surface area contributed by atoms with Crippen LogP contribution in [0.1, 0.15) is 38.5 Å². The van der Waals surface area contributed by atoms with Gasteiger partial charge in [0.1, 0.15) is 11.4 Å². The molecule has 3 saturated carbocycles. The predicted octanol–water partition coefficient (Wildman–Crippen LogP) is 4.69. The maximum atomic E-state index is 14.6. The first kappa shape index (κ1) is 16.9. The number of nitrogens with zero attached hydrogens (tertiary/aromatic N) is 2. The third-order valence-electron chi connectivity index (χ3n) is 6.13. The Kier molecular flexibility index (Phi) is 4.21. The maximum absolute atomic E-state index is 14.6. The summed E-state index contributed by atoms with van der Waals surface area (Å²) in [4.78, 5) is 4.59. The van der Waals surface area contributed by atoms with Crippen molar-refractivity contribution in [1.29, 1.82) is 0 Å². The van der Waals surface area contributed by atoms with Crippen molar-refractivity contribution in [2.24, 2.45) is 0 Å². The number of fused-ring (bicyclic) bond motifs is 4. The van der Waals surface area contributed by atoms with E-state index in [1.165, 1.54) is 5.69 Å². The minimum absolute atomic E-state index is 0.0982. The number of benzene rings is 1. The molecule has 0 atom stereocenters. The summed E-state index contributed by atoms with van der Waals surface area (Å²) in [5.74, 6) is 0.358. The molecule has 5 rings (SSSR count). The van der Waals surface area contributed by atoms with E-state index in [1.807, 2.05) is 12.3 Å². The summed E-state index contributed by atoms with van der Waals surface area (Å²) in [5, 5.41) is 10.3. The molecule has 3 aliphatic carbocycles. The number of rotatable bonds is 2. The van der Waals surface area contributed by atoms with Gasteiger partial charge in [-0.3, -0.25) is 0 Å². The second-order valence-corrected chi connectivity index (χ2v) is 9.56. The van der Waals surface area contributed by atoms with Gasteiger partial charge in [-0.05, 0) is 75.9 Å². The highest BCUT2D eigenvalue weighted by molar-refractivity contribution is 7.98. The number of hydrogen-bond acceptors (Lipinski definition) is 5. The van der Waals surface area contributed by atoms with Crippen LogP contribution in [-0.4, -0.2) is 47.0 Å². The Hall–Kier alpha value is -0.590. The lowest BCUT2D eigenvalue weighted by atomic mass is 9.63. The van der Waals surface area contributed by atoms with E-state index in [1.54, 1.807) is 23.7 Å². The average Bonchev–Trinajstić information content (AvgIpc) is 2.73. The molecule has 3 fully saturated rings. The first-order chi connectivity index (χ1) is 11.4. The zero-order valence-electron chi connectivity index (χ0n) is 14.3. The summed E-state index contributed by atoms with van der Waals surface area (Å²) in [6, 6.07) is 4.05. The van der Waals surface area contributed by atoms with Crippen LogP contribution in [0.15, 0.2) is 21.9 Å². The van der Waals surface area contributed by atoms with Crippen molar-refractivity contribution in [2.45, 2.75) is 59.5 Å². The topological polar surface area (TPSA) is 26.7 Å². The van der Waals surface area contributed by atoms with Gasteiger partial charge in [0.25, 0.3) is 0 Å². The summed E-state index contributed by atoms with van der Waals surface area (Å²) in [6.07, 6.45) is 6.96. The van der Waals surface area contributed by atoms with E-state index in [-0.39, 0.29) is 5.54 Å². The van der Waals surface area contributed by atoms with Crippen LogP contribution in [0, 0.1) is 0 Å². The van der Waals surface area contributed by atoms with E-state index < -0.39 is 5.67 Å². The molecule has 1 N–H and O–H groups in total. The number of aromatic hydroxyl groups is 1. The first-order valence-corrected chi connectivity index (χ1v) is 10.7. The van der Waals surface area contributed by atoms with Gasteiger partial charge in [0.05, 0.1) is 15.5 Å². The van der Waals surface area contributed by atoms with Crippen LogP contribution in [0.25, 0.3) is 0 Å². The molecule has 6 heteroatoms. The molecule has 0 unspecified atom stereocenters. The fourth-order valence-corrected chi connectivity index (χ4v) is 6.01. The number of phenolic OH excluding ortho intramolecular Hbond substituents is 1. The summed E-state index contributed by atoms with van der Waals surface area (Å²) in [5.41, 5.74) is 0.419. The number of anilines is 1. The number of hydrogen-bond donors (Lipinski definition) is 1. The van der Waals surface area contributed by atoms with Gasteiger partial charge in [0.2, 0.25) is 0 Å². The second kappa shape index (κ2) is 5.99. The van der Waals surface area contributed by atoms with Crippen LogP contribution in [0.4, 0.5) is 10.1 Å². The maximum Gasteiger partial charge on any atom is 0.130 e. The lowest BCUT2D eigenvalue weighted by Gasteiger charge is -2.55. The Labute approximate surface area is 152 Å². The Morgan fingerprint density at radius 1 is 1.12 bits per heavy atom. The fraction of sp³-hybridized carbons (Fsp3) is 0.667. The third kappa shape index (κ3) is 2.71. The van der Waals surface area contributed by atoms with Crippen LogP contribution < -0.4 is 4.90 Å². The SMILES string of the molecule is CSc1cc2c(cc1O)SN(C)CCN2C12CCC(F)(CC1)CC2. The van der Waals surface area contributed by atoms with Gasteiger partial charge in [0, 0.05) is 18.6 Å². The van der Waals surface area contributed by atoms with Crippen molar-refractivity contribution in [2.75, 3.05) is 31.3 Å². The van der Waals surface area contributed by atoms with Crippen molar-refractivity contribution in [1.82, 2.24) is 4.31 Å². The molecule has 132 valence electrons. The normalized spacial score (nSPS) is 33.4. The van der Waals surface area contributed by atoms with Gasteiger partial charge in [-0.1, -0.05) is 0 Å². The number of likely N-dealkylation sites (N-methyl/N-ethyl adjacent to an activating group) is 1. The zero-order chi connectivity index (χ0) is 16.9. The molecule has 0 saturated heterocycles. The van der Waals surface area contributed by atoms with Crippen LogP contribution in [0.2, 0.25) is 0 Å². The van der Waals surface area contributed by atoms with Crippen molar-refractivity contribution in [3.8, 4) is 5.75 Å². The standard InChI is InChI=1S/C18H25FN2OS2/c1-20-9-10-21(18-6-3-17(19,4-7-18)5-8-18)13-11-16(23-2)14(22)12-15(13)24-20/h11-12,22H,3-10H2,1-2H3. The van der Waals surface area contributed by atoms with Crippen LogP contribution in [0.5, 0.6) is 5.75 Å². The monoisotopic (exact) mass is 368 g/mol. The molecule has 24 heavy (non-hydrogen) atoms. The molecule has 1 heterocycles. The van der Waals surface area contributed by atoms with Gasteiger partial charge in [-0.25, -0.2) is 8.70 Å². The zero-order valence-corrected chi connectivity index (χ0v) is 16.0. The molecular weight excluding hydrogens is 343 g/mol. The summed E-state index contributed by atoms with van der Waals surface area (Å²) < 4.78 is 16.9. The van der Waals surface area contributed by atoms with Crippen molar-refractivity contribution < 1.29 is 9.50 Å². The van der Waals surface area contributed by atoms with Crippen LogP contribution >= 0.6 is 23.7 Å². The minimum Gasteiger partial charge on any atom is -0.507 e. The van der Waals surface area contributed by atoms with E-state index in [0.717, 1.165) is 42.1 Å². The summed E-state index contributed by atoms with van der Waals surface area (Å²) >= 11 is 3.28. The first-order valence-electron chi connectivity index (χ1n) is 8.71. The highest BCUT2D eigenvalue weighted by atomic mass is 32.2. The Balaban J connectivity index is 1.77. The Morgan fingerprint density at radius 3 is 2.42 bits per heavy atom. The molecular formula is C18H25FN2OS2. The Bertz CT molecular complexity index is 630. The van der Waals surface area contributed by atoms with Gasteiger partial charge >= 0.3 is 0 Å². The highest BCUT2D eigenvalue weighted by Crippen LogP contribution is 2.54. The fourth-order valence-electron chi connectivity index (χ4n) is 4.58. The lowest BCUT2D eigenvalue weighted by molar-refractivity contribution is 0.00380. The van der Waals surface area contributed by atoms with Gasteiger partial charge in [0.15, 0.2) is 0 Å². The molecule has 1 aromatic carbocycles. The number of halogens is 1. The number of thioether (sulfide) groups is 1. The van der Waals surface area contributed by atoms with Crippen molar-refractivity contribution in [3.63, 3.8) is 0 Å². The largest absolute Gasteiger partial charge is 0.507 e. The number of alkyl halides is 1. The van der Waals surface area contributed by atoms with Crippen molar-refractivity contribution in [3.05, 3.63) is 12.1 Å². The van der Waals surface area contributed by atoms with Gasteiger partial charge < -0.3 is 10.0 Å². The van der Waals surface area contributed by atoms with E-state index >= 15 is 0 Å². The predicted molar refractivity (Wildman–Crippen MR) is 100.0 cm³/mol. The molecule has 3 nitrogen and oxygen atoms in total. The molecule has 1 aliphatic heterocycles. The molecule has 0 spiro atoms. The molecule has 2 bridgehead atoms. The van der Waals surface area contributed by atoms with Crippen molar-refractivity contribution >= 4 is 29.4 Å². The molecule has 4 aliphatic rings. The lowest BCUT2D eigenvalue weighted by Crippen LogP contribution is -2.58. The van der Waals surface area contributed by atoms with E-state index in [2.05, 4.69) is 22.3 Å². The average molecular weight is 369 g/mol.